The van der Waals surface area contributed by atoms with E-state index >= 15 is 0 Å². The van der Waals surface area contributed by atoms with E-state index in [1.165, 1.54) is 19.3 Å². The van der Waals surface area contributed by atoms with E-state index in [4.69, 9.17) is 5.73 Å². The lowest BCUT2D eigenvalue weighted by molar-refractivity contribution is -0.144. The van der Waals surface area contributed by atoms with Gasteiger partial charge in [-0.25, -0.2) is 0 Å². The van der Waals surface area contributed by atoms with Crippen molar-refractivity contribution in [3.05, 3.63) is 0 Å². The third kappa shape index (κ3) is 4.44. The first-order valence-electron chi connectivity index (χ1n) is 9.00. The van der Waals surface area contributed by atoms with Gasteiger partial charge in [-0.15, -0.1) is 0 Å². The predicted octanol–water partition coefficient (Wildman–Crippen LogP) is 0.657. The molecule has 0 aromatic carbocycles. The molecule has 0 radical (unpaired) electrons. The molecule has 2 atom stereocenters. The summed E-state index contributed by atoms with van der Waals surface area (Å²) in [6, 6.07) is -0.716. The fourth-order valence-electron chi connectivity index (χ4n) is 3.54. The van der Waals surface area contributed by atoms with E-state index in [1.807, 2.05) is 25.7 Å². The van der Waals surface area contributed by atoms with Gasteiger partial charge in [0.1, 0.15) is 6.04 Å². The second-order valence-electron chi connectivity index (χ2n) is 7.13. The van der Waals surface area contributed by atoms with Crippen LogP contribution in [0.15, 0.2) is 0 Å². The number of hydrogen-bond acceptors (Lipinski definition) is 4. The number of piperidine rings is 1. The van der Waals surface area contributed by atoms with E-state index in [1.54, 1.807) is 4.90 Å². The van der Waals surface area contributed by atoms with Crippen molar-refractivity contribution >= 4 is 11.8 Å². The zero-order chi connectivity index (χ0) is 17.0. The minimum Gasteiger partial charge on any atom is -0.337 e. The molecule has 2 amide bonds. The van der Waals surface area contributed by atoms with Crippen molar-refractivity contribution in [1.82, 2.24) is 14.7 Å². The van der Waals surface area contributed by atoms with Crippen LogP contribution in [0.4, 0.5) is 0 Å². The second kappa shape index (κ2) is 8.11. The third-order valence-electron chi connectivity index (χ3n) is 5.12. The fourth-order valence-corrected chi connectivity index (χ4v) is 3.54. The van der Waals surface area contributed by atoms with E-state index in [0.717, 1.165) is 26.2 Å². The highest BCUT2D eigenvalue weighted by Gasteiger charge is 2.36. The lowest BCUT2D eigenvalue weighted by Gasteiger charge is -2.35. The Balaban J connectivity index is 1.93. The van der Waals surface area contributed by atoms with Gasteiger partial charge in [0.2, 0.25) is 11.8 Å². The number of carbonyl (C=O) groups excluding carboxylic acids is 2. The van der Waals surface area contributed by atoms with Crippen molar-refractivity contribution in [2.45, 2.75) is 64.6 Å². The average Bonchev–Trinajstić information content (AvgIpc) is 2.87. The molecule has 2 fully saturated rings. The average molecular weight is 324 g/mol. The summed E-state index contributed by atoms with van der Waals surface area (Å²) < 4.78 is 0. The summed E-state index contributed by atoms with van der Waals surface area (Å²) in [6.07, 6.45) is 4.47. The summed E-state index contributed by atoms with van der Waals surface area (Å²) in [5, 5.41) is 0. The topological polar surface area (TPSA) is 69.9 Å². The van der Waals surface area contributed by atoms with Crippen molar-refractivity contribution in [2.75, 3.05) is 32.7 Å². The Morgan fingerprint density at radius 2 is 1.87 bits per heavy atom. The third-order valence-corrected chi connectivity index (χ3v) is 5.12. The standard InChI is InChI=1S/C17H32N4O2/c1-13(2)20(12-11-19-8-5-4-6-9-19)16(22)14(3)21-10-7-15(18)17(21)23/h13-15H,4-12,18H2,1-3H3/t14-,15-/m0/s1. The Bertz CT molecular complexity index is 421. The molecule has 0 spiro atoms. The highest BCUT2D eigenvalue weighted by Crippen LogP contribution is 2.16. The molecule has 6 nitrogen and oxygen atoms in total. The minimum absolute atomic E-state index is 0.0412. The molecule has 2 aliphatic heterocycles. The number of likely N-dealkylation sites (tertiary alicyclic amines) is 2. The summed E-state index contributed by atoms with van der Waals surface area (Å²) in [4.78, 5) is 30.9. The van der Waals surface area contributed by atoms with Gasteiger partial charge in [0.05, 0.1) is 6.04 Å². The molecule has 2 saturated heterocycles. The maximum atomic E-state index is 12.9. The molecule has 2 aliphatic rings. The van der Waals surface area contributed by atoms with Gasteiger partial charge in [0, 0.05) is 25.7 Å². The van der Waals surface area contributed by atoms with Crippen molar-refractivity contribution in [3.8, 4) is 0 Å². The Kier molecular flexibility index (Phi) is 6.41. The van der Waals surface area contributed by atoms with E-state index in [-0.39, 0.29) is 17.9 Å². The van der Waals surface area contributed by atoms with Crippen LogP contribution in [0.2, 0.25) is 0 Å². The Labute approximate surface area is 140 Å². The minimum atomic E-state index is -0.439. The second-order valence-corrected chi connectivity index (χ2v) is 7.13. The number of nitrogens with two attached hydrogens (primary N) is 1. The van der Waals surface area contributed by atoms with Gasteiger partial charge in [-0.1, -0.05) is 6.42 Å². The largest absolute Gasteiger partial charge is 0.337 e. The molecule has 0 aliphatic carbocycles. The quantitative estimate of drug-likeness (QED) is 0.779. The van der Waals surface area contributed by atoms with E-state index in [9.17, 15) is 9.59 Å². The summed E-state index contributed by atoms with van der Waals surface area (Å²) in [5.41, 5.74) is 5.78. The van der Waals surface area contributed by atoms with Gasteiger partial charge < -0.3 is 20.4 Å². The summed E-state index contributed by atoms with van der Waals surface area (Å²) in [7, 11) is 0. The highest BCUT2D eigenvalue weighted by molar-refractivity contribution is 5.90. The zero-order valence-electron chi connectivity index (χ0n) is 14.8. The molecule has 2 rings (SSSR count). The Morgan fingerprint density at radius 1 is 1.22 bits per heavy atom. The Morgan fingerprint density at radius 3 is 2.39 bits per heavy atom. The molecular formula is C17H32N4O2. The molecule has 2 N–H and O–H groups in total. The van der Waals surface area contributed by atoms with Crippen LogP contribution in [-0.4, -0.2) is 77.4 Å². The summed E-state index contributed by atoms with van der Waals surface area (Å²) >= 11 is 0. The molecule has 23 heavy (non-hydrogen) atoms. The molecule has 132 valence electrons. The van der Waals surface area contributed by atoms with Crippen LogP contribution in [0.5, 0.6) is 0 Å². The maximum Gasteiger partial charge on any atom is 0.245 e. The number of hydrogen-bond donors (Lipinski definition) is 1. The van der Waals surface area contributed by atoms with Crippen LogP contribution in [0.3, 0.4) is 0 Å². The normalized spacial score (nSPS) is 24.3. The van der Waals surface area contributed by atoms with Gasteiger partial charge in [-0.3, -0.25) is 9.59 Å². The molecule has 0 unspecified atom stereocenters. The molecule has 0 aromatic rings. The molecule has 0 aromatic heterocycles. The van der Waals surface area contributed by atoms with Gasteiger partial charge in [0.15, 0.2) is 0 Å². The van der Waals surface area contributed by atoms with Gasteiger partial charge >= 0.3 is 0 Å². The summed E-state index contributed by atoms with van der Waals surface area (Å²) in [5.74, 6) is -0.0509. The fraction of sp³-hybridized carbons (Fsp3) is 0.882. The zero-order valence-corrected chi connectivity index (χ0v) is 14.8. The number of nitrogens with zero attached hydrogens (tertiary/aromatic N) is 3. The van der Waals surface area contributed by atoms with Gasteiger partial charge in [-0.05, 0) is 53.1 Å². The number of rotatable bonds is 6. The SMILES string of the molecule is CC(C)N(CCN1CCCCC1)C(=O)[C@H](C)N1CC[C@H](N)C1=O. The maximum absolute atomic E-state index is 12.9. The molecule has 0 bridgehead atoms. The van der Waals surface area contributed by atoms with Crippen molar-refractivity contribution in [2.24, 2.45) is 5.73 Å². The lowest BCUT2D eigenvalue weighted by Crippen LogP contribution is -2.52. The van der Waals surface area contributed by atoms with Crippen LogP contribution in [-0.2, 0) is 9.59 Å². The number of carbonyl (C=O) groups is 2. The predicted molar refractivity (Wildman–Crippen MR) is 90.9 cm³/mol. The highest BCUT2D eigenvalue weighted by atomic mass is 16.2. The summed E-state index contributed by atoms with van der Waals surface area (Å²) in [6.45, 7) is 10.4. The first kappa shape index (κ1) is 18.2. The smallest absolute Gasteiger partial charge is 0.245 e. The first-order chi connectivity index (χ1) is 10.9. The van der Waals surface area contributed by atoms with Crippen molar-refractivity contribution < 1.29 is 9.59 Å². The van der Waals surface area contributed by atoms with Crippen LogP contribution in [0.1, 0.15) is 46.5 Å². The van der Waals surface area contributed by atoms with E-state index < -0.39 is 12.1 Å². The molecular weight excluding hydrogens is 292 g/mol. The van der Waals surface area contributed by atoms with Gasteiger partial charge in [-0.2, -0.15) is 0 Å². The van der Waals surface area contributed by atoms with Gasteiger partial charge in [0.25, 0.3) is 0 Å². The Hall–Kier alpha value is -1.14. The van der Waals surface area contributed by atoms with Crippen LogP contribution < -0.4 is 5.73 Å². The van der Waals surface area contributed by atoms with Crippen LogP contribution in [0, 0.1) is 0 Å². The lowest BCUT2D eigenvalue weighted by atomic mass is 10.1. The number of amides is 2. The van der Waals surface area contributed by atoms with Crippen LogP contribution in [0.25, 0.3) is 0 Å². The monoisotopic (exact) mass is 324 g/mol. The molecule has 6 heteroatoms. The van der Waals surface area contributed by atoms with E-state index in [2.05, 4.69) is 4.90 Å². The van der Waals surface area contributed by atoms with E-state index in [0.29, 0.717) is 13.0 Å². The van der Waals surface area contributed by atoms with Crippen LogP contribution >= 0.6 is 0 Å². The van der Waals surface area contributed by atoms with Crippen molar-refractivity contribution in [3.63, 3.8) is 0 Å². The molecule has 0 saturated carbocycles. The first-order valence-corrected chi connectivity index (χ1v) is 9.00. The molecule has 2 heterocycles. The van der Waals surface area contributed by atoms with Crippen molar-refractivity contribution in [1.29, 1.82) is 0 Å².